The number of nitrogens with one attached hydrogen (secondary N) is 1. The van der Waals surface area contributed by atoms with Crippen molar-refractivity contribution in [1.29, 1.82) is 0 Å². The molecule has 0 bridgehead atoms. The molecule has 0 heterocycles. The molecule has 4 nitrogen and oxygen atoms in total. The highest BCUT2D eigenvalue weighted by Crippen LogP contribution is 2.24. The van der Waals surface area contributed by atoms with E-state index in [9.17, 15) is 9.59 Å². The van der Waals surface area contributed by atoms with E-state index in [0.29, 0.717) is 28.8 Å². The monoisotopic (exact) mass is 568 g/mol. The molecule has 1 unspecified atom stereocenters. The topological polar surface area (TPSA) is 49.4 Å². The van der Waals surface area contributed by atoms with E-state index in [1.165, 1.54) is 18.2 Å². The Hall–Kier alpha value is -2.47. The Kier molecular flexibility index (Phi) is 11.0. The summed E-state index contributed by atoms with van der Waals surface area (Å²) in [5.74, 6) is 0.691. The maximum Gasteiger partial charge on any atom is 0.243 e. The number of hydrogen-bond donors (Lipinski definition) is 1. The quantitative estimate of drug-likeness (QED) is 0.263. The molecule has 7 heteroatoms. The van der Waals surface area contributed by atoms with E-state index in [1.807, 2.05) is 78.9 Å². The SMILES string of the molecule is O=C(NC1CCCCC1)C(Cc1ccccc1)N(Cc1cccc(Cl)c1)C(=O)CSCc1ccccc1Cl. The maximum atomic E-state index is 13.8. The summed E-state index contributed by atoms with van der Waals surface area (Å²) in [5, 5.41) is 4.58. The molecule has 1 atom stereocenters. The van der Waals surface area contributed by atoms with Crippen LogP contribution < -0.4 is 5.32 Å². The van der Waals surface area contributed by atoms with Crippen LogP contribution in [0.1, 0.15) is 48.8 Å². The summed E-state index contributed by atoms with van der Waals surface area (Å²) < 4.78 is 0. The molecule has 2 amide bonds. The molecule has 4 rings (SSSR count). The van der Waals surface area contributed by atoms with Crippen LogP contribution in [0.5, 0.6) is 0 Å². The van der Waals surface area contributed by atoms with Gasteiger partial charge in [-0.3, -0.25) is 9.59 Å². The van der Waals surface area contributed by atoms with Crippen LogP contribution in [0.4, 0.5) is 0 Å². The van der Waals surface area contributed by atoms with Crippen molar-refractivity contribution in [3.05, 3.63) is 106 Å². The van der Waals surface area contributed by atoms with E-state index in [2.05, 4.69) is 5.32 Å². The van der Waals surface area contributed by atoms with Crippen molar-refractivity contribution in [2.45, 2.75) is 62.9 Å². The molecule has 0 saturated heterocycles. The minimum absolute atomic E-state index is 0.0817. The molecule has 1 aliphatic rings. The molecule has 1 fully saturated rings. The predicted octanol–water partition coefficient (Wildman–Crippen LogP) is 7.32. The highest BCUT2D eigenvalue weighted by Gasteiger charge is 2.31. The van der Waals surface area contributed by atoms with Gasteiger partial charge in [0.15, 0.2) is 0 Å². The second-order valence-corrected chi connectivity index (χ2v) is 11.6. The Morgan fingerprint density at radius 3 is 2.34 bits per heavy atom. The van der Waals surface area contributed by atoms with Crippen LogP contribution in [0.2, 0.25) is 10.0 Å². The largest absolute Gasteiger partial charge is 0.352 e. The molecule has 3 aromatic carbocycles. The van der Waals surface area contributed by atoms with Gasteiger partial charge in [0.25, 0.3) is 0 Å². The Bertz CT molecular complexity index is 1200. The number of halogens is 2. The Balaban J connectivity index is 1.57. The zero-order valence-electron chi connectivity index (χ0n) is 21.5. The molecule has 0 aromatic heterocycles. The fourth-order valence-electron chi connectivity index (χ4n) is 4.88. The lowest BCUT2D eigenvalue weighted by molar-refractivity contribution is -0.139. The van der Waals surface area contributed by atoms with Crippen molar-refractivity contribution in [1.82, 2.24) is 10.2 Å². The number of benzene rings is 3. The minimum atomic E-state index is -0.633. The predicted molar refractivity (Wildman–Crippen MR) is 159 cm³/mol. The third kappa shape index (κ3) is 8.52. The van der Waals surface area contributed by atoms with Crippen molar-refractivity contribution < 1.29 is 9.59 Å². The van der Waals surface area contributed by atoms with E-state index >= 15 is 0 Å². The number of hydrogen-bond acceptors (Lipinski definition) is 3. The number of nitrogens with zero attached hydrogens (tertiary/aromatic N) is 1. The molecule has 200 valence electrons. The fourth-order valence-corrected chi connectivity index (χ4v) is 6.29. The first-order valence-corrected chi connectivity index (χ1v) is 15.1. The van der Waals surface area contributed by atoms with Gasteiger partial charge in [0, 0.05) is 34.8 Å². The Labute approximate surface area is 240 Å². The van der Waals surface area contributed by atoms with E-state index in [0.717, 1.165) is 42.4 Å². The van der Waals surface area contributed by atoms with Crippen LogP contribution >= 0.6 is 35.0 Å². The van der Waals surface area contributed by atoms with Crippen LogP contribution in [0.15, 0.2) is 78.9 Å². The third-order valence-electron chi connectivity index (χ3n) is 6.91. The molecule has 0 aliphatic heterocycles. The number of amides is 2. The van der Waals surface area contributed by atoms with Gasteiger partial charge in [-0.15, -0.1) is 11.8 Å². The molecule has 0 spiro atoms. The van der Waals surface area contributed by atoms with E-state index in [4.69, 9.17) is 23.2 Å². The number of rotatable bonds is 11. The summed E-state index contributed by atoms with van der Waals surface area (Å²) in [6.45, 7) is 0.307. The van der Waals surface area contributed by atoms with Crippen LogP contribution in [-0.4, -0.2) is 34.6 Å². The standard InChI is InChI=1S/C31H34Cl2N2O2S/c32-26-14-9-12-24(18-26)20-35(30(36)22-38-21-25-13-7-8-17-28(25)33)29(19-23-10-3-1-4-11-23)31(37)34-27-15-5-2-6-16-27/h1,3-4,7-14,17-18,27,29H,2,5-6,15-16,19-22H2,(H,34,37). The molecule has 38 heavy (non-hydrogen) atoms. The van der Waals surface area contributed by atoms with Crippen molar-refractivity contribution in [2.24, 2.45) is 0 Å². The molecule has 1 saturated carbocycles. The number of thioether (sulfide) groups is 1. The van der Waals surface area contributed by atoms with Gasteiger partial charge in [0.1, 0.15) is 6.04 Å². The lowest BCUT2D eigenvalue weighted by Gasteiger charge is -2.33. The summed E-state index contributed by atoms with van der Waals surface area (Å²) in [4.78, 5) is 29.3. The molecular weight excluding hydrogens is 535 g/mol. The lowest BCUT2D eigenvalue weighted by Crippen LogP contribution is -2.53. The van der Waals surface area contributed by atoms with Gasteiger partial charge in [0.05, 0.1) is 5.75 Å². The van der Waals surface area contributed by atoms with Gasteiger partial charge in [0.2, 0.25) is 11.8 Å². The average molecular weight is 570 g/mol. The zero-order chi connectivity index (χ0) is 26.7. The van der Waals surface area contributed by atoms with Crippen molar-refractivity contribution in [3.8, 4) is 0 Å². The summed E-state index contributed by atoms with van der Waals surface area (Å²) in [7, 11) is 0. The second kappa shape index (κ2) is 14.6. The van der Waals surface area contributed by atoms with Crippen LogP contribution in [0.3, 0.4) is 0 Å². The number of carbonyl (C=O) groups excluding carboxylic acids is 2. The summed E-state index contributed by atoms with van der Waals surface area (Å²) in [6.07, 6.45) is 5.87. The van der Waals surface area contributed by atoms with Crippen LogP contribution in [-0.2, 0) is 28.3 Å². The second-order valence-electron chi connectivity index (χ2n) is 9.78. The zero-order valence-corrected chi connectivity index (χ0v) is 23.8. The van der Waals surface area contributed by atoms with Gasteiger partial charge in [-0.25, -0.2) is 0 Å². The first kappa shape index (κ1) is 28.5. The average Bonchev–Trinajstić information content (AvgIpc) is 2.93. The normalized spacial score (nSPS) is 14.6. The Morgan fingerprint density at radius 2 is 1.61 bits per heavy atom. The third-order valence-corrected chi connectivity index (χ3v) is 8.48. The highest BCUT2D eigenvalue weighted by atomic mass is 35.5. The molecule has 1 aliphatic carbocycles. The molecule has 1 N–H and O–H groups in total. The van der Waals surface area contributed by atoms with Gasteiger partial charge in [-0.2, -0.15) is 0 Å². The van der Waals surface area contributed by atoms with E-state index in [1.54, 1.807) is 4.90 Å². The van der Waals surface area contributed by atoms with Crippen LogP contribution in [0, 0.1) is 0 Å². The Morgan fingerprint density at radius 1 is 0.895 bits per heavy atom. The summed E-state index contributed by atoms with van der Waals surface area (Å²) in [6, 6.07) is 24.6. The lowest BCUT2D eigenvalue weighted by atomic mass is 9.94. The van der Waals surface area contributed by atoms with Crippen LogP contribution in [0.25, 0.3) is 0 Å². The first-order valence-electron chi connectivity index (χ1n) is 13.2. The van der Waals surface area contributed by atoms with E-state index < -0.39 is 6.04 Å². The molecule has 0 radical (unpaired) electrons. The smallest absolute Gasteiger partial charge is 0.243 e. The maximum absolute atomic E-state index is 13.8. The summed E-state index contributed by atoms with van der Waals surface area (Å²) >= 11 is 14.1. The van der Waals surface area contributed by atoms with Crippen molar-refractivity contribution >= 4 is 46.8 Å². The van der Waals surface area contributed by atoms with Gasteiger partial charge in [-0.1, -0.05) is 103 Å². The minimum Gasteiger partial charge on any atom is -0.352 e. The van der Waals surface area contributed by atoms with E-state index in [-0.39, 0.29) is 23.6 Å². The van der Waals surface area contributed by atoms with Gasteiger partial charge in [-0.05, 0) is 47.7 Å². The highest BCUT2D eigenvalue weighted by molar-refractivity contribution is 7.99. The first-order chi connectivity index (χ1) is 18.5. The number of carbonyl (C=O) groups is 2. The fraction of sp³-hybridized carbons (Fsp3) is 0.355. The molecular formula is C31H34Cl2N2O2S. The van der Waals surface area contributed by atoms with Gasteiger partial charge < -0.3 is 10.2 Å². The molecule has 3 aromatic rings. The summed E-state index contributed by atoms with van der Waals surface area (Å²) in [5.41, 5.74) is 2.90. The van der Waals surface area contributed by atoms with Gasteiger partial charge >= 0.3 is 0 Å². The van der Waals surface area contributed by atoms with Crippen molar-refractivity contribution in [2.75, 3.05) is 5.75 Å². The van der Waals surface area contributed by atoms with Crippen molar-refractivity contribution in [3.63, 3.8) is 0 Å².